The van der Waals surface area contributed by atoms with Crippen molar-refractivity contribution in [2.24, 2.45) is 16.6 Å². The molecule has 0 spiro atoms. The summed E-state index contributed by atoms with van der Waals surface area (Å²) in [5.74, 6) is -0.959. The molecule has 78 valence electrons. The van der Waals surface area contributed by atoms with E-state index in [2.05, 4.69) is 16.6 Å². The summed E-state index contributed by atoms with van der Waals surface area (Å²) in [5.41, 5.74) is 14.5. The SMILES string of the molecule is NC(=O)N/N=C(\Cl)C(=O)NNC(N)=O. The van der Waals surface area contributed by atoms with Crippen LogP contribution in [0, 0.1) is 0 Å². The Morgan fingerprint density at radius 1 is 1.07 bits per heavy atom. The molecule has 0 aliphatic carbocycles. The van der Waals surface area contributed by atoms with E-state index in [1.807, 2.05) is 0 Å². The molecular formula is C4H7ClN6O3. The van der Waals surface area contributed by atoms with Crippen LogP contribution in [-0.4, -0.2) is 23.1 Å². The lowest BCUT2D eigenvalue weighted by Gasteiger charge is -2.02. The maximum Gasteiger partial charge on any atom is 0.332 e. The molecule has 0 unspecified atom stereocenters. The van der Waals surface area contributed by atoms with E-state index in [1.54, 1.807) is 16.3 Å². The van der Waals surface area contributed by atoms with Gasteiger partial charge in [-0.25, -0.2) is 20.4 Å². The van der Waals surface area contributed by atoms with Gasteiger partial charge < -0.3 is 11.5 Å². The van der Waals surface area contributed by atoms with E-state index in [0.717, 1.165) is 0 Å². The van der Waals surface area contributed by atoms with Crippen molar-refractivity contribution in [2.45, 2.75) is 0 Å². The molecule has 0 saturated heterocycles. The van der Waals surface area contributed by atoms with Gasteiger partial charge in [-0.05, 0) is 0 Å². The average Bonchev–Trinajstić information content (AvgIpc) is 2.09. The van der Waals surface area contributed by atoms with E-state index in [1.165, 1.54) is 0 Å². The smallest absolute Gasteiger partial charge is 0.332 e. The van der Waals surface area contributed by atoms with Crippen molar-refractivity contribution >= 4 is 34.7 Å². The fourth-order valence-corrected chi connectivity index (χ4v) is 0.414. The first-order valence-electron chi connectivity index (χ1n) is 3.08. The van der Waals surface area contributed by atoms with Gasteiger partial charge in [0.15, 0.2) is 0 Å². The highest BCUT2D eigenvalue weighted by Gasteiger charge is 2.08. The van der Waals surface area contributed by atoms with E-state index in [0.29, 0.717) is 0 Å². The lowest BCUT2D eigenvalue weighted by Crippen LogP contribution is -2.46. The first kappa shape index (κ1) is 12.0. The van der Waals surface area contributed by atoms with Crippen molar-refractivity contribution in [1.82, 2.24) is 16.3 Å². The van der Waals surface area contributed by atoms with Crippen molar-refractivity contribution in [1.29, 1.82) is 0 Å². The number of carbonyl (C=O) groups is 3. The predicted octanol–water partition coefficient (Wildman–Crippen LogP) is -2.09. The molecule has 0 rings (SSSR count). The first-order chi connectivity index (χ1) is 6.43. The van der Waals surface area contributed by atoms with Gasteiger partial charge in [0, 0.05) is 0 Å². The number of amides is 5. The molecule has 5 amide bonds. The molecule has 0 heterocycles. The highest BCUT2D eigenvalue weighted by atomic mass is 35.5. The van der Waals surface area contributed by atoms with Gasteiger partial charge in [0.25, 0.3) is 0 Å². The van der Waals surface area contributed by atoms with Gasteiger partial charge in [-0.3, -0.25) is 10.2 Å². The van der Waals surface area contributed by atoms with E-state index in [9.17, 15) is 14.4 Å². The maximum atomic E-state index is 10.8. The Morgan fingerprint density at radius 3 is 2.07 bits per heavy atom. The number of primary amides is 2. The second-order valence-corrected chi connectivity index (χ2v) is 2.18. The van der Waals surface area contributed by atoms with E-state index in [4.69, 9.17) is 11.6 Å². The molecule has 7 N–H and O–H groups in total. The van der Waals surface area contributed by atoms with Crippen LogP contribution < -0.4 is 27.7 Å². The minimum atomic E-state index is -0.987. The zero-order valence-corrected chi connectivity index (χ0v) is 7.46. The number of hydrogen-bond acceptors (Lipinski definition) is 4. The predicted molar refractivity (Wildman–Crippen MR) is 46.9 cm³/mol. The third-order valence-electron chi connectivity index (χ3n) is 0.751. The number of nitrogens with zero attached hydrogens (tertiary/aromatic N) is 1. The molecule has 0 fully saturated rings. The highest BCUT2D eigenvalue weighted by Crippen LogP contribution is 1.82. The van der Waals surface area contributed by atoms with Gasteiger partial charge in [-0.2, -0.15) is 5.10 Å². The number of halogens is 1. The second-order valence-electron chi connectivity index (χ2n) is 1.82. The molecule has 14 heavy (non-hydrogen) atoms. The molecule has 0 radical (unpaired) electrons. The summed E-state index contributed by atoms with van der Waals surface area (Å²) in [6.07, 6.45) is 0. The van der Waals surface area contributed by atoms with Gasteiger partial charge in [0.2, 0.25) is 5.17 Å². The number of hydrazone groups is 1. The van der Waals surface area contributed by atoms with Crippen molar-refractivity contribution < 1.29 is 14.4 Å². The Hall–Kier alpha value is -2.03. The maximum absolute atomic E-state index is 10.8. The largest absolute Gasteiger partial charge is 0.350 e. The lowest BCUT2D eigenvalue weighted by atomic mass is 10.7. The summed E-state index contributed by atoms with van der Waals surface area (Å²) in [4.78, 5) is 31.1. The van der Waals surface area contributed by atoms with Gasteiger partial charge in [0.1, 0.15) is 0 Å². The van der Waals surface area contributed by atoms with Gasteiger partial charge in [-0.15, -0.1) is 0 Å². The van der Waals surface area contributed by atoms with Crippen LogP contribution in [-0.2, 0) is 4.79 Å². The van der Waals surface area contributed by atoms with E-state index >= 15 is 0 Å². The standard InChI is InChI=1S/C4H7ClN6O3/c5-1(8-10-3(6)13)2(12)9-11-4(7)14/h(H,9,12)(H3,6,10,13)(H3,7,11,14)/b8-1-. The van der Waals surface area contributed by atoms with E-state index < -0.39 is 23.1 Å². The third-order valence-corrected chi connectivity index (χ3v) is 1.01. The Balaban J connectivity index is 4.04. The van der Waals surface area contributed by atoms with Crippen LogP contribution in [0.25, 0.3) is 0 Å². The molecule has 10 heteroatoms. The van der Waals surface area contributed by atoms with Crippen LogP contribution in [0.2, 0.25) is 0 Å². The average molecular weight is 223 g/mol. The van der Waals surface area contributed by atoms with Gasteiger partial charge in [-0.1, -0.05) is 11.6 Å². The summed E-state index contributed by atoms with van der Waals surface area (Å²) < 4.78 is 0. The second kappa shape index (κ2) is 5.59. The third kappa shape index (κ3) is 5.60. The molecule has 0 atom stereocenters. The quantitative estimate of drug-likeness (QED) is 0.269. The Bertz CT molecular complexity index is 289. The number of urea groups is 2. The molecule has 0 aromatic rings. The van der Waals surface area contributed by atoms with Crippen LogP contribution in [0.1, 0.15) is 0 Å². The lowest BCUT2D eigenvalue weighted by molar-refractivity contribution is -0.115. The molecule has 0 aromatic carbocycles. The summed E-state index contributed by atoms with van der Waals surface area (Å²) in [6.45, 7) is 0. The highest BCUT2D eigenvalue weighted by molar-refractivity contribution is 6.82. The van der Waals surface area contributed by atoms with Crippen molar-refractivity contribution in [3.63, 3.8) is 0 Å². The molecule has 9 nitrogen and oxygen atoms in total. The Morgan fingerprint density at radius 2 is 1.64 bits per heavy atom. The zero-order chi connectivity index (χ0) is 11.1. The number of carbonyl (C=O) groups excluding carboxylic acids is 3. The first-order valence-corrected chi connectivity index (χ1v) is 3.45. The van der Waals surface area contributed by atoms with Crippen LogP contribution >= 0.6 is 11.6 Å². The van der Waals surface area contributed by atoms with Crippen molar-refractivity contribution in [3.8, 4) is 0 Å². The van der Waals surface area contributed by atoms with Crippen LogP contribution in [0.5, 0.6) is 0 Å². The number of nitrogens with two attached hydrogens (primary N) is 2. The fourth-order valence-electron chi connectivity index (χ4n) is 0.325. The fraction of sp³-hybridized carbons (Fsp3) is 0. The normalized spacial score (nSPS) is 10.2. The van der Waals surface area contributed by atoms with Gasteiger partial charge in [0.05, 0.1) is 0 Å². The summed E-state index contributed by atoms with van der Waals surface area (Å²) in [6, 6.07) is -1.97. The molecule has 0 saturated carbocycles. The van der Waals surface area contributed by atoms with Crippen LogP contribution in [0.4, 0.5) is 9.59 Å². The number of hydrogen-bond donors (Lipinski definition) is 5. The summed E-state index contributed by atoms with van der Waals surface area (Å²) in [7, 11) is 0. The van der Waals surface area contributed by atoms with Crippen LogP contribution in [0.15, 0.2) is 5.10 Å². The summed E-state index contributed by atoms with van der Waals surface area (Å²) in [5, 5.41) is 2.43. The molecule has 0 aromatic heterocycles. The minimum Gasteiger partial charge on any atom is -0.350 e. The van der Waals surface area contributed by atoms with Crippen molar-refractivity contribution in [3.05, 3.63) is 0 Å². The monoisotopic (exact) mass is 222 g/mol. The van der Waals surface area contributed by atoms with Gasteiger partial charge >= 0.3 is 18.0 Å². The summed E-state index contributed by atoms with van der Waals surface area (Å²) >= 11 is 5.23. The number of rotatable bonds is 2. The molecule has 0 aliphatic heterocycles. The molecular weight excluding hydrogens is 216 g/mol. The Labute approximate surface area is 82.8 Å². The Kier molecular flexibility index (Phi) is 4.78. The number of hydrazine groups is 1. The topological polar surface area (TPSA) is 152 Å². The van der Waals surface area contributed by atoms with Crippen molar-refractivity contribution in [2.75, 3.05) is 0 Å². The van der Waals surface area contributed by atoms with E-state index in [-0.39, 0.29) is 0 Å². The molecule has 0 bridgehead atoms. The minimum absolute atomic E-state index is 0.627. The zero-order valence-electron chi connectivity index (χ0n) is 6.70. The van der Waals surface area contributed by atoms with Crippen LogP contribution in [0.3, 0.4) is 0 Å². The number of nitrogens with one attached hydrogen (secondary N) is 3. The molecule has 0 aliphatic rings.